The van der Waals surface area contributed by atoms with E-state index in [0.717, 1.165) is 37.3 Å². The van der Waals surface area contributed by atoms with Crippen molar-refractivity contribution in [2.45, 2.75) is 20.1 Å². The van der Waals surface area contributed by atoms with E-state index in [1.165, 1.54) is 5.56 Å². The summed E-state index contributed by atoms with van der Waals surface area (Å²) in [7, 11) is 1.66. The lowest BCUT2D eigenvalue weighted by Crippen LogP contribution is -2.03. The van der Waals surface area contributed by atoms with Crippen molar-refractivity contribution in [3.05, 3.63) is 86.3 Å². The summed E-state index contributed by atoms with van der Waals surface area (Å²) >= 11 is 7.10. The van der Waals surface area contributed by atoms with Crippen LogP contribution in [0.2, 0.25) is 0 Å². The average Bonchev–Trinajstić information content (AvgIpc) is 2.68. The fraction of sp³-hybridized carbons (Fsp3) is 0.182. The molecule has 3 rings (SSSR count). The summed E-state index contributed by atoms with van der Waals surface area (Å²) in [5.41, 5.74) is 4.52. The number of ether oxygens (including phenoxy) is 2. The third-order valence-electron chi connectivity index (χ3n) is 4.17. The molecule has 0 amide bonds. The Morgan fingerprint density at radius 3 is 2.26 bits per heavy atom. The molecule has 3 nitrogen and oxygen atoms in total. The molecular formula is C22H21Br2NO2. The number of benzene rings is 3. The first kappa shape index (κ1) is 19.8. The van der Waals surface area contributed by atoms with Crippen LogP contribution in [0.4, 0.5) is 5.69 Å². The highest BCUT2D eigenvalue weighted by molar-refractivity contribution is 9.10. The zero-order valence-corrected chi connectivity index (χ0v) is 18.4. The number of anilines is 1. The summed E-state index contributed by atoms with van der Waals surface area (Å²) in [5, 5.41) is 3.42. The van der Waals surface area contributed by atoms with E-state index in [2.05, 4.69) is 68.4 Å². The van der Waals surface area contributed by atoms with Gasteiger partial charge < -0.3 is 14.8 Å². The Morgan fingerprint density at radius 1 is 0.889 bits per heavy atom. The van der Waals surface area contributed by atoms with E-state index < -0.39 is 0 Å². The first-order valence-electron chi connectivity index (χ1n) is 8.59. The molecule has 27 heavy (non-hydrogen) atoms. The minimum Gasteiger partial charge on any atom is -0.493 e. The van der Waals surface area contributed by atoms with Crippen molar-refractivity contribution in [1.82, 2.24) is 0 Å². The molecule has 0 radical (unpaired) electrons. The molecule has 0 aliphatic carbocycles. The summed E-state index contributed by atoms with van der Waals surface area (Å²) in [5.74, 6) is 1.44. The molecule has 0 aliphatic rings. The number of rotatable bonds is 7. The van der Waals surface area contributed by atoms with Crippen molar-refractivity contribution < 1.29 is 9.47 Å². The van der Waals surface area contributed by atoms with E-state index in [-0.39, 0.29) is 0 Å². The number of methoxy groups -OCH3 is 1. The van der Waals surface area contributed by atoms with Gasteiger partial charge in [-0.1, -0.05) is 61.7 Å². The average molecular weight is 491 g/mol. The Bertz CT molecular complexity index is 893. The largest absolute Gasteiger partial charge is 0.493 e. The van der Waals surface area contributed by atoms with Crippen LogP contribution in [-0.4, -0.2) is 7.11 Å². The van der Waals surface area contributed by atoms with Gasteiger partial charge in [0.1, 0.15) is 6.61 Å². The maximum atomic E-state index is 5.99. The first-order valence-corrected chi connectivity index (χ1v) is 10.2. The molecule has 0 heterocycles. The van der Waals surface area contributed by atoms with Crippen LogP contribution in [0.3, 0.4) is 0 Å². The molecule has 0 bridgehead atoms. The SMILES string of the molecule is COc1cc(CNc2ccc(Br)cc2)c(Br)cc1OCc1ccc(C)cc1. The molecule has 140 valence electrons. The predicted molar refractivity (Wildman–Crippen MR) is 118 cm³/mol. The van der Waals surface area contributed by atoms with Gasteiger partial charge in [0.05, 0.1) is 7.11 Å². The highest BCUT2D eigenvalue weighted by Crippen LogP contribution is 2.34. The van der Waals surface area contributed by atoms with Crippen LogP contribution in [0.1, 0.15) is 16.7 Å². The van der Waals surface area contributed by atoms with Crippen molar-refractivity contribution in [3.63, 3.8) is 0 Å². The lowest BCUT2D eigenvalue weighted by molar-refractivity contribution is 0.284. The van der Waals surface area contributed by atoms with Gasteiger partial charge in [-0.3, -0.25) is 0 Å². The standard InChI is InChI=1S/C22H21Br2NO2/c1-15-3-5-16(6-4-15)14-27-22-12-20(24)17(11-21(22)26-2)13-25-19-9-7-18(23)8-10-19/h3-12,25H,13-14H2,1-2H3. The topological polar surface area (TPSA) is 30.5 Å². The van der Waals surface area contributed by atoms with Crippen molar-refractivity contribution in [3.8, 4) is 11.5 Å². The summed E-state index contributed by atoms with van der Waals surface area (Å²) in [6.07, 6.45) is 0. The van der Waals surface area contributed by atoms with E-state index in [0.29, 0.717) is 13.2 Å². The predicted octanol–water partition coefficient (Wildman–Crippen LogP) is 6.72. The van der Waals surface area contributed by atoms with Crippen LogP contribution in [0.15, 0.2) is 69.6 Å². The normalized spacial score (nSPS) is 10.5. The lowest BCUT2D eigenvalue weighted by atomic mass is 10.1. The number of hydrogen-bond acceptors (Lipinski definition) is 3. The number of hydrogen-bond donors (Lipinski definition) is 1. The molecule has 1 N–H and O–H groups in total. The van der Waals surface area contributed by atoms with E-state index in [1.807, 2.05) is 36.4 Å². The van der Waals surface area contributed by atoms with Crippen molar-refractivity contribution in [2.75, 3.05) is 12.4 Å². The third-order valence-corrected chi connectivity index (χ3v) is 5.44. The second-order valence-corrected chi connectivity index (χ2v) is 8.00. The van der Waals surface area contributed by atoms with E-state index in [9.17, 15) is 0 Å². The van der Waals surface area contributed by atoms with Crippen LogP contribution >= 0.6 is 31.9 Å². The highest BCUT2D eigenvalue weighted by atomic mass is 79.9. The van der Waals surface area contributed by atoms with Crippen molar-refractivity contribution in [2.24, 2.45) is 0 Å². The second kappa shape index (κ2) is 9.29. The van der Waals surface area contributed by atoms with Crippen LogP contribution in [0.5, 0.6) is 11.5 Å². The maximum Gasteiger partial charge on any atom is 0.162 e. The molecule has 5 heteroatoms. The summed E-state index contributed by atoms with van der Waals surface area (Å²) in [4.78, 5) is 0. The van der Waals surface area contributed by atoms with E-state index >= 15 is 0 Å². The minimum atomic E-state index is 0.500. The molecule has 3 aromatic carbocycles. The second-order valence-electron chi connectivity index (χ2n) is 6.23. The van der Waals surface area contributed by atoms with Crippen LogP contribution in [0.25, 0.3) is 0 Å². The molecule has 0 unspecified atom stereocenters. The zero-order chi connectivity index (χ0) is 19.2. The number of halogens is 2. The van der Waals surface area contributed by atoms with E-state index in [4.69, 9.17) is 9.47 Å². The third kappa shape index (κ3) is 5.50. The molecule has 3 aromatic rings. The van der Waals surface area contributed by atoms with Crippen LogP contribution in [0, 0.1) is 6.92 Å². The monoisotopic (exact) mass is 489 g/mol. The van der Waals surface area contributed by atoms with Gasteiger partial charge in [0.15, 0.2) is 11.5 Å². The van der Waals surface area contributed by atoms with Crippen LogP contribution < -0.4 is 14.8 Å². The summed E-state index contributed by atoms with van der Waals surface area (Å²) < 4.78 is 13.6. The fourth-order valence-electron chi connectivity index (χ4n) is 2.60. The Labute approximate surface area is 177 Å². The smallest absolute Gasteiger partial charge is 0.162 e. The van der Waals surface area contributed by atoms with Gasteiger partial charge in [-0.15, -0.1) is 0 Å². The van der Waals surface area contributed by atoms with Gasteiger partial charge in [-0.2, -0.15) is 0 Å². The number of nitrogens with one attached hydrogen (secondary N) is 1. The molecule has 0 fully saturated rings. The first-order chi connectivity index (χ1) is 13.0. The Kier molecular flexibility index (Phi) is 6.80. The van der Waals surface area contributed by atoms with Crippen molar-refractivity contribution >= 4 is 37.5 Å². The molecule has 0 aliphatic heterocycles. The number of aryl methyl sites for hydroxylation is 1. The molecule has 0 saturated heterocycles. The molecule has 0 atom stereocenters. The molecular weight excluding hydrogens is 470 g/mol. The van der Waals surface area contributed by atoms with Gasteiger partial charge in [-0.05, 0) is 54.4 Å². The quantitative estimate of drug-likeness (QED) is 0.398. The Hall–Kier alpha value is -1.98. The van der Waals surface area contributed by atoms with Gasteiger partial charge in [0.2, 0.25) is 0 Å². The van der Waals surface area contributed by atoms with E-state index in [1.54, 1.807) is 7.11 Å². The molecule has 0 spiro atoms. The summed E-state index contributed by atoms with van der Waals surface area (Å²) in [6, 6.07) is 20.4. The van der Waals surface area contributed by atoms with Crippen molar-refractivity contribution in [1.29, 1.82) is 0 Å². The summed E-state index contributed by atoms with van der Waals surface area (Å²) in [6.45, 7) is 3.25. The zero-order valence-electron chi connectivity index (χ0n) is 15.3. The Balaban J connectivity index is 1.70. The van der Waals surface area contributed by atoms with Gasteiger partial charge in [0.25, 0.3) is 0 Å². The highest BCUT2D eigenvalue weighted by Gasteiger charge is 2.11. The molecule has 0 aromatic heterocycles. The van der Waals surface area contributed by atoms with Gasteiger partial charge in [-0.25, -0.2) is 0 Å². The molecule has 0 saturated carbocycles. The minimum absolute atomic E-state index is 0.500. The Morgan fingerprint density at radius 2 is 1.59 bits per heavy atom. The lowest BCUT2D eigenvalue weighted by Gasteiger charge is -2.15. The maximum absolute atomic E-state index is 5.99. The van der Waals surface area contributed by atoms with Gasteiger partial charge >= 0.3 is 0 Å². The van der Waals surface area contributed by atoms with Gasteiger partial charge in [0, 0.05) is 21.2 Å². The van der Waals surface area contributed by atoms with Crippen LogP contribution in [-0.2, 0) is 13.2 Å². The fourth-order valence-corrected chi connectivity index (χ4v) is 3.32.